The molecule has 0 bridgehead atoms. The van der Waals surface area contributed by atoms with Crippen molar-refractivity contribution >= 4 is 18.3 Å². The van der Waals surface area contributed by atoms with Crippen LogP contribution in [0.1, 0.15) is 31.2 Å². The van der Waals surface area contributed by atoms with Gasteiger partial charge in [0.15, 0.2) is 0 Å². The van der Waals surface area contributed by atoms with Crippen LogP contribution < -0.4 is 11.1 Å². The molecule has 4 heteroatoms. The van der Waals surface area contributed by atoms with E-state index in [4.69, 9.17) is 5.73 Å². The van der Waals surface area contributed by atoms with Crippen molar-refractivity contribution in [3.63, 3.8) is 0 Å². The van der Waals surface area contributed by atoms with Gasteiger partial charge in [0.25, 0.3) is 0 Å². The molecule has 0 heterocycles. The average molecular weight is 257 g/mol. The summed E-state index contributed by atoms with van der Waals surface area (Å²) in [6, 6.07) is 9.90. The zero-order chi connectivity index (χ0) is 11.8. The van der Waals surface area contributed by atoms with Crippen molar-refractivity contribution in [2.45, 2.75) is 25.7 Å². The summed E-state index contributed by atoms with van der Waals surface area (Å²) >= 11 is 0. The molecule has 1 amide bonds. The number of carbonyl (C=O) groups is 1. The van der Waals surface area contributed by atoms with Crippen LogP contribution in [0.2, 0.25) is 0 Å². The smallest absolute Gasteiger partial charge is 0.227 e. The Morgan fingerprint density at radius 1 is 1.35 bits per heavy atom. The van der Waals surface area contributed by atoms with Crippen molar-refractivity contribution in [2.75, 3.05) is 13.1 Å². The predicted molar refractivity (Wildman–Crippen MR) is 73.4 cm³/mol. The van der Waals surface area contributed by atoms with Gasteiger partial charge in [0.1, 0.15) is 0 Å². The summed E-state index contributed by atoms with van der Waals surface area (Å²) in [5.41, 5.74) is 6.46. The fourth-order valence-electron chi connectivity index (χ4n) is 1.74. The molecule has 1 aromatic rings. The minimum Gasteiger partial charge on any atom is -0.354 e. The van der Waals surface area contributed by atoms with Gasteiger partial charge in [-0.15, -0.1) is 12.4 Å². The molecule has 0 aliphatic heterocycles. The van der Waals surface area contributed by atoms with E-state index in [0.717, 1.165) is 18.4 Å². The van der Waals surface area contributed by atoms with Crippen molar-refractivity contribution in [3.8, 4) is 0 Å². The molecule has 3 N–H and O–H groups in total. The highest BCUT2D eigenvalue weighted by Gasteiger charge is 2.18. The summed E-state index contributed by atoms with van der Waals surface area (Å²) in [5, 5.41) is 2.85. The molecule has 0 spiro atoms. The number of carbonyl (C=O) groups excluding carboxylic acids is 1. The molecular formula is C13H21ClN2O. The van der Waals surface area contributed by atoms with Crippen LogP contribution >= 0.6 is 12.4 Å². The Balaban J connectivity index is 0.00000256. The maximum absolute atomic E-state index is 11.9. The zero-order valence-electron chi connectivity index (χ0n) is 10.2. The second kappa shape index (κ2) is 9.02. The Morgan fingerprint density at radius 3 is 2.53 bits per heavy atom. The summed E-state index contributed by atoms with van der Waals surface area (Å²) in [4.78, 5) is 11.9. The van der Waals surface area contributed by atoms with Gasteiger partial charge in [-0.25, -0.2) is 0 Å². The summed E-state index contributed by atoms with van der Waals surface area (Å²) in [6.45, 7) is 3.12. The third-order valence-corrected chi connectivity index (χ3v) is 2.54. The summed E-state index contributed by atoms with van der Waals surface area (Å²) in [6.07, 6.45) is 1.87. The topological polar surface area (TPSA) is 55.1 Å². The summed E-state index contributed by atoms with van der Waals surface area (Å²) in [7, 11) is 0. The largest absolute Gasteiger partial charge is 0.354 e. The molecule has 3 nitrogen and oxygen atoms in total. The van der Waals surface area contributed by atoms with Gasteiger partial charge in [-0.05, 0) is 12.0 Å². The monoisotopic (exact) mass is 256 g/mol. The molecule has 0 aliphatic carbocycles. The number of nitrogens with one attached hydrogen (secondary N) is 1. The lowest BCUT2D eigenvalue weighted by Crippen LogP contribution is -2.33. The first kappa shape index (κ1) is 15.9. The molecular weight excluding hydrogens is 236 g/mol. The van der Waals surface area contributed by atoms with E-state index in [2.05, 4.69) is 12.2 Å². The Labute approximate surface area is 109 Å². The molecule has 1 rings (SSSR count). The Kier molecular flexibility index (Phi) is 8.46. The Morgan fingerprint density at radius 2 is 2.00 bits per heavy atom. The standard InChI is InChI=1S/C13H20N2O.ClH/c1-2-6-12(13(16)15-10-9-14)11-7-4-3-5-8-11;/h3-5,7-8,12H,2,6,9-10,14H2,1H3,(H,15,16);1H. The van der Waals surface area contributed by atoms with Crippen LogP contribution in [0.5, 0.6) is 0 Å². The first-order valence-corrected chi connectivity index (χ1v) is 5.82. The van der Waals surface area contributed by atoms with Gasteiger partial charge in [0, 0.05) is 13.1 Å². The van der Waals surface area contributed by atoms with Crippen molar-refractivity contribution in [1.82, 2.24) is 5.32 Å². The van der Waals surface area contributed by atoms with Gasteiger partial charge in [-0.2, -0.15) is 0 Å². The molecule has 1 unspecified atom stereocenters. The van der Waals surface area contributed by atoms with Crippen molar-refractivity contribution in [1.29, 1.82) is 0 Å². The highest BCUT2D eigenvalue weighted by molar-refractivity contribution is 5.85. The van der Waals surface area contributed by atoms with E-state index in [1.165, 1.54) is 0 Å². The third kappa shape index (κ3) is 5.20. The second-order valence-corrected chi connectivity index (χ2v) is 3.83. The van der Waals surface area contributed by atoms with E-state index in [1.807, 2.05) is 30.3 Å². The van der Waals surface area contributed by atoms with E-state index in [9.17, 15) is 4.79 Å². The highest BCUT2D eigenvalue weighted by atomic mass is 35.5. The maximum Gasteiger partial charge on any atom is 0.227 e. The molecule has 0 aromatic heterocycles. The summed E-state index contributed by atoms with van der Waals surface area (Å²) in [5.74, 6) is 0.0382. The average Bonchev–Trinajstić information content (AvgIpc) is 2.34. The number of rotatable bonds is 6. The zero-order valence-corrected chi connectivity index (χ0v) is 11.0. The number of nitrogens with two attached hydrogens (primary N) is 1. The van der Waals surface area contributed by atoms with E-state index in [0.29, 0.717) is 13.1 Å². The number of hydrogen-bond acceptors (Lipinski definition) is 2. The lowest BCUT2D eigenvalue weighted by molar-refractivity contribution is -0.122. The molecule has 1 atom stereocenters. The highest BCUT2D eigenvalue weighted by Crippen LogP contribution is 2.20. The van der Waals surface area contributed by atoms with E-state index < -0.39 is 0 Å². The van der Waals surface area contributed by atoms with Crippen LogP contribution in [0.25, 0.3) is 0 Å². The van der Waals surface area contributed by atoms with E-state index >= 15 is 0 Å². The first-order valence-electron chi connectivity index (χ1n) is 5.82. The van der Waals surface area contributed by atoms with Crippen molar-refractivity contribution in [2.24, 2.45) is 5.73 Å². The van der Waals surface area contributed by atoms with Gasteiger partial charge in [0.2, 0.25) is 5.91 Å². The van der Waals surface area contributed by atoms with Gasteiger partial charge in [0.05, 0.1) is 5.92 Å². The SMILES string of the molecule is CCCC(C(=O)NCCN)c1ccccc1.Cl. The number of benzene rings is 1. The normalized spacial score (nSPS) is 11.4. The predicted octanol–water partition coefficient (Wildman–Crippen LogP) is 2.07. The van der Waals surface area contributed by atoms with Gasteiger partial charge in [-0.3, -0.25) is 4.79 Å². The molecule has 0 fully saturated rings. The quantitative estimate of drug-likeness (QED) is 0.819. The van der Waals surface area contributed by atoms with Crippen LogP contribution in [0.4, 0.5) is 0 Å². The third-order valence-electron chi connectivity index (χ3n) is 2.54. The maximum atomic E-state index is 11.9. The molecule has 17 heavy (non-hydrogen) atoms. The van der Waals surface area contributed by atoms with E-state index in [-0.39, 0.29) is 24.2 Å². The molecule has 1 aromatic carbocycles. The molecule has 96 valence electrons. The lowest BCUT2D eigenvalue weighted by atomic mass is 9.94. The van der Waals surface area contributed by atoms with Gasteiger partial charge in [-0.1, -0.05) is 43.7 Å². The van der Waals surface area contributed by atoms with Gasteiger partial charge < -0.3 is 11.1 Å². The first-order chi connectivity index (χ1) is 7.79. The lowest BCUT2D eigenvalue weighted by Gasteiger charge is -2.16. The molecule has 0 saturated carbocycles. The fraction of sp³-hybridized carbons (Fsp3) is 0.462. The van der Waals surface area contributed by atoms with Crippen LogP contribution in [0.15, 0.2) is 30.3 Å². The minimum absolute atomic E-state index is 0. The Bertz CT molecular complexity index is 316. The Hall–Kier alpha value is -1.06. The number of halogens is 1. The molecule has 0 saturated heterocycles. The minimum atomic E-state index is -0.0438. The second-order valence-electron chi connectivity index (χ2n) is 3.83. The van der Waals surface area contributed by atoms with Crippen LogP contribution in [-0.2, 0) is 4.79 Å². The summed E-state index contributed by atoms with van der Waals surface area (Å²) < 4.78 is 0. The van der Waals surface area contributed by atoms with Crippen molar-refractivity contribution < 1.29 is 4.79 Å². The molecule has 0 radical (unpaired) electrons. The van der Waals surface area contributed by atoms with Gasteiger partial charge >= 0.3 is 0 Å². The number of amides is 1. The van der Waals surface area contributed by atoms with Crippen LogP contribution in [0.3, 0.4) is 0 Å². The van der Waals surface area contributed by atoms with Crippen LogP contribution in [0, 0.1) is 0 Å². The number of hydrogen-bond donors (Lipinski definition) is 2. The van der Waals surface area contributed by atoms with Crippen molar-refractivity contribution in [3.05, 3.63) is 35.9 Å². The molecule has 0 aliphatic rings. The fourth-order valence-corrected chi connectivity index (χ4v) is 1.74. The van der Waals surface area contributed by atoms with E-state index in [1.54, 1.807) is 0 Å². The van der Waals surface area contributed by atoms with Crippen LogP contribution in [-0.4, -0.2) is 19.0 Å².